The van der Waals surface area contributed by atoms with Crippen molar-refractivity contribution < 1.29 is 19.1 Å². The zero-order valence-electron chi connectivity index (χ0n) is 16.6. The van der Waals surface area contributed by atoms with Gasteiger partial charge in [0.2, 0.25) is 0 Å². The molecule has 31 heavy (non-hydrogen) atoms. The number of aryl methyl sites for hydroxylation is 2. The summed E-state index contributed by atoms with van der Waals surface area (Å²) in [6.45, 7) is 4.04. The second-order valence-electron chi connectivity index (χ2n) is 6.93. The molecule has 1 saturated heterocycles. The number of rotatable bonds is 4. The standard InChI is InChI=1S/C23H17ClN2O4S/c1-12-3-5-15(9-13(12)2)25-23-26-21(27)20(31-23)11-16-6-8-19(30-16)14-4-7-18(24)17(10-14)22(28)29/h3-11H,1-2H3,(H,28,29)(H,25,26,27)/p-1/b20-11-. The van der Waals surface area contributed by atoms with Crippen LogP contribution in [0.25, 0.3) is 17.4 Å². The van der Waals surface area contributed by atoms with Gasteiger partial charge in [-0.05, 0) is 79.2 Å². The molecule has 1 fully saturated rings. The third kappa shape index (κ3) is 4.57. The fourth-order valence-electron chi connectivity index (χ4n) is 2.94. The van der Waals surface area contributed by atoms with E-state index in [1.807, 2.05) is 32.0 Å². The zero-order chi connectivity index (χ0) is 22.1. The average Bonchev–Trinajstić information content (AvgIpc) is 3.32. The van der Waals surface area contributed by atoms with Crippen molar-refractivity contribution in [1.29, 1.82) is 0 Å². The van der Waals surface area contributed by atoms with Crippen LogP contribution in [0.4, 0.5) is 5.69 Å². The van der Waals surface area contributed by atoms with Crippen LogP contribution in [-0.4, -0.2) is 17.0 Å². The van der Waals surface area contributed by atoms with Crippen molar-refractivity contribution in [3.63, 3.8) is 0 Å². The van der Waals surface area contributed by atoms with Crippen LogP contribution in [0.15, 0.2) is 62.8 Å². The third-order valence-corrected chi connectivity index (χ3v) is 5.98. The average molecular weight is 452 g/mol. The number of furan rings is 1. The molecule has 1 aliphatic rings. The Morgan fingerprint density at radius 1 is 1.13 bits per heavy atom. The molecule has 0 bridgehead atoms. The summed E-state index contributed by atoms with van der Waals surface area (Å²) in [5, 5.41) is 14.5. The van der Waals surface area contributed by atoms with Crippen LogP contribution in [0, 0.1) is 13.8 Å². The number of amidine groups is 1. The molecular formula is C23H16ClN2O4S-. The summed E-state index contributed by atoms with van der Waals surface area (Å²) in [7, 11) is 0. The second kappa shape index (κ2) is 8.45. The molecule has 0 spiro atoms. The summed E-state index contributed by atoms with van der Waals surface area (Å²) in [5.41, 5.74) is 3.48. The molecule has 1 N–H and O–H groups in total. The van der Waals surface area contributed by atoms with E-state index >= 15 is 0 Å². The smallest absolute Gasteiger partial charge is 0.264 e. The summed E-state index contributed by atoms with van der Waals surface area (Å²) < 4.78 is 5.77. The Hall–Kier alpha value is -3.29. The minimum atomic E-state index is -1.37. The van der Waals surface area contributed by atoms with E-state index < -0.39 is 5.97 Å². The lowest BCUT2D eigenvalue weighted by Gasteiger charge is -2.06. The number of halogens is 1. The lowest BCUT2D eigenvalue weighted by atomic mass is 10.1. The van der Waals surface area contributed by atoms with Gasteiger partial charge in [-0.2, -0.15) is 0 Å². The predicted molar refractivity (Wildman–Crippen MR) is 120 cm³/mol. The Labute approximate surface area is 187 Å². The van der Waals surface area contributed by atoms with Gasteiger partial charge in [-0.25, -0.2) is 4.99 Å². The topological polar surface area (TPSA) is 94.7 Å². The van der Waals surface area contributed by atoms with Gasteiger partial charge in [-0.15, -0.1) is 0 Å². The highest BCUT2D eigenvalue weighted by atomic mass is 35.5. The minimum absolute atomic E-state index is 0.0901. The van der Waals surface area contributed by atoms with Gasteiger partial charge in [0, 0.05) is 22.2 Å². The van der Waals surface area contributed by atoms with Crippen molar-refractivity contribution >= 4 is 52.2 Å². The first-order valence-electron chi connectivity index (χ1n) is 9.28. The van der Waals surface area contributed by atoms with E-state index in [9.17, 15) is 14.7 Å². The summed E-state index contributed by atoms with van der Waals surface area (Å²) in [6.07, 6.45) is 1.61. The number of hydrogen-bond acceptors (Lipinski definition) is 6. The van der Waals surface area contributed by atoms with E-state index in [1.54, 1.807) is 24.3 Å². The summed E-state index contributed by atoms with van der Waals surface area (Å²) in [5.74, 6) is -0.741. The fourth-order valence-corrected chi connectivity index (χ4v) is 3.96. The molecule has 0 unspecified atom stereocenters. The van der Waals surface area contributed by atoms with Crippen molar-refractivity contribution in [2.75, 3.05) is 0 Å². The molecule has 2 aromatic carbocycles. The van der Waals surface area contributed by atoms with Gasteiger partial charge in [0.25, 0.3) is 5.91 Å². The first-order valence-corrected chi connectivity index (χ1v) is 10.5. The molecule has 6 nitrogen and oxygen atoms in total. The number of carbonyl (C=O) groups excluding carboxylic acids is 2. The molecule has 1 aliphatic heterocycles. The highest BCUT2D eigenvalue weighted by Crippen LogP contribution is 2.31. The van der Waals surface area contributed by atoms with Gasteiger partial charge in [0.05, 0.1) is 16.6 Å². The Morgan fingerprint density at radius 3 is 2.68 bits per heavy atom. The maximum Gasteiger partial charge on any atom is 0.264 e. The molecule has 156 valence electrons. The van der Waals surface area contributed by atoms with Crippen LogP contribution in [0.5, 0.6) is 0 Å². The normalized spacial score (nSPS) is 16.2. The molecular weight excluding hydrogens is 436 g/mol. The van der Waals surface area contributed by atoms with E-state index in [-0.39, 0.29) is 16.5 Å². The number of thioether (sulfide) groups is 1. The van der Waals surface area contributed by atoms with Gasteiger partial charge in [0.1, 0.15) is 11.5 Å². The molecule has 8 heteroatoms. The lowest BCUT2D eigenvalue weighted by Crippen LogP contribution is -2.22. The van der Waals surface area contributed by atoms with Crippen molar-refractivity contribution in [1.82, 2.24) is 5.32 Å². The molecule has 0 atom stereocenters. The van der Waals surface area contributed by atoms with Crippen LogP contribution in [0.3, 0.4) is 0 Å². The third-order valence-electron chi connectivity index (χ3n) is 4.74. The van der Waals surface area contributed by atoms with Crippen molar-refractivity contribution in [2.24, 2.45) is 4.99 Å². The number of hydrogen-bond donors (Lipinski definition) is 1. The first-order chi connectivity index (χ1) is 14.8. The number of benzene rings is 2. The molecule has 0 radical (unpaired) electrons. The summed E-state index contributed by atoms with van der Waals surface area (Å²) in [6, 6.07) is 13.7. The summed E-state index contributed by atoms with van der Waals surface area (Å²) >= 11 is 7.10. The van der Waals surface area contributed by atoms with Crippen LogP contribution in [-0.2, 0) is 4.79 Å². The number of carbonyl (C=O) groups is 2. The number of aliphatic imine (C=N–C) groups is 1. The number of nitrogens with zero attached hydrogens (tertiary/aromatic N) is 1. The number of carboxylic acids is 1. The zero-order valence-corrected chi connectivity index (χ0v) is 18.1. The minimum Gasteiger partial charge on any atom is -0.545 e. The fraction of sp³-hybridized carbons (Fsp3) is 0.0870. The van der Waals surface area contributed by atoms with E-state index in [0.29, 0.717) is 27.2 Å². The largest absolute Gasteiger partial charge is 0.545 e. The highest BCUT2D eigenvalue weighted by molar-refractivity contribution is 8.18. The van der Waals surface area contributed by atoms with Crippen LogP contribution >= 0.6 is 23.4 Å². The van der Waals surface area contributed by atoms with Gasteiger partial charge in [-0.3, -0.25) is 4.79 Å². The predicted octanol–water partition coefficient (Wildman–Crippen LogP) is 4.47. The van der Waals surface area contributed by atoms with Crippen molar-refractivity contribution in [2.45, 2.75) is 13.8 Å². The molecule has 2 heterocycles. The molecule has 1 amide bonds. The van der Waals surface area contributed by atoms with Crippen LogP contribution in [0.1, 0.15) is 27.2 Å². The van der Waals surface area contributed by atoms with E-state index in [1.165, 1.54) is 29.5 Å². The van der Waals surface area contributed by atoms with Gasteiger partial charge in [-0.1, -0.05) is 17.7 Å². The number of nitrogens with one attached hydrogen (secondary N) is 1. The lowest BCUT2D eigenvalue weighted by molar-refractivity contribution is -0.255. The Bertz CT molecular complexity index is 1280. The van der Waals surface area contributed by atoms with Gasteiger partial charge >= 0.3 is 0 Å². The maximum absolute atomic E-state index is 12.3. The van der Waals surface area contributed by atoms with E-state index in [2.05, 4.69) is 10.3 Å². The molecule has 4 rings (SSSR count). The van der Waals surface area contributed by atoms with Gasteiger partial charge < -0.3 is 19.6 Å². The molecule has 3 aromatic rings. The monoisotopic (exact) mass is 451 g/mol. The Morgan fingerprint density at radius 2 is 1.94 bits per heavy atom. The quantitative estimate of drug-likeness (QED) is 0.590. The number of aromatic carboxylic acids is 1. The van der Waals surface area contributed by atoms with Crippen LogP contribution < -0.4 is 10.4 Å². The van der Waals surface area contributed by atoms with E-state index in [0.717, 1.165) is 11.3 Å². The second-order valence-corrected chi connectivity index (χ2v) is 8.37. The Balaban J connectivity index is 1.56. The van der Waals surface area contributed by atoms with Crippen molar-refractivity contribution in [3.8, 4) is 11.3 Å². The Kier molecular flexibility index (Phi) is 5.71. The van der Waals surface area contributed by atoms with Gasteiger partial charge in [0.15, 0.2) is 5.17 Å². The van der Waals surface area contributed by atoms with Crippen LogP contribution in [0.2, 0.25) is 5.02 Å². The molecule has 1 aromatic heterocycles. The highest BCUT2D eigenvalue weighted by Gasteiger charge is 2.24. The summed E-state index contributed by atoms with van der Waals surface area (Å²) in [4.78, 5) is 28.4. The van der Waals surface area contributed by atoms with Crippen molar-refractivity contribution in [3.05, 3.63) is 80.9 Å². The first kappa shape index (κ1) is 21.0. The van der Waals surface area contributed by atoms with E-state index in [4.69, 9.17) is 16.0 Å². The number of amides is 1. The molecule has 0 saturated carbocycles. The maximum atomic E-state index is 12.3. The molecule has 0 aliphatic carbocycles. The SMILES string of the molecule is Cc1ccc(N=C2NC(=O)/C(=C/c3ccc(-c4ccc(Cl)c(C(=O)[O-])c4)o3)S2)cc1C. The number of carboxylic acid groups (broad SMARTS) is 1.